The number of ketones is 2. The summed E-state index contributed by atoms with van der Waals surface area (Å²) in [6.07, 6.45) is 5.28. The molecule has 70 heavy (non-hydrogen) atoms. The topological polar surface area (TPSA) is 243 Å². The quantitative estimate of drug-likeness (QED) is 0.0166. The summed E-state index contributed by atoms with van der Waals surface area (Å²) in [7, 11) is 1.66. The summed E-state index contributed by atoms with van der Waals surface area (Å²) in [5.74, 6) is -4.27. The minimum Gasteiger partial charge on any atom is -0.481 e. The Morgan fingerprint density at radius 1 is 1.04 bits per heavy atom. The van der Waals surface area contributed by atoms with Crippen LogP contribution in [0.25, 0.3) is 0 Å². The van der Waals surface area contributed by atoms with E-state index in [9.17, 15) is 48.2 Å². The van der Waals surface area contributed by atoms with E-state index in [4.69, 9.17) is 9.26 Å². The van der Waals surface area contributed by atoms with Crippen molar-refractivity contribution in [2.45, 2.75) is 135 Å². The molecule has 4 rings (SSSR count). The number of esters is 1. The molecule has 1 aliphatic heterocycles. The first kappa shape index (κ1) is 58.4. The normalized spacial score (nSPS) is 16.9. The van der Waals surface area contributed by atoms with E-state index < -0.39 is 61.4 Å². The van der Waals surface area contributed by atoms with Crippen LogP contribution in [-0.4, -0.2) is 108 Å². The van der Waals surface area contributed by atoms with Crippen LogP contribution in [0.3, 0.4) is 0 Å². The lowest BCUT2D eigenvalue weighted by Crippen LogP contribution is -2.48. The highest BCUT2D eigenvalue weighted by molar-refractivity contribution is 8.76. The second-order valence-electron chi connectivity index (χ2n) is 18.6. The van der Waals surface area contributed by atoms with Crippen molar-refractivity contribution in [3.05, 3.63) is 64.2 Å². The Hall–Kier alpha value is -4.17. The van der Waals surface area contributed by atoms with Crippen LogP contribution in [0.1, 0.15) is 133 Å². The van der Waals surface area contributed by atoms with Crippen molar-refractivity contribution >= 4 is 81.8 Å². The molecule has 1 fully saturated rings. The van der Waals surface area contributed by atoms with Crippen LogP contribution >= 0.6 is 40.7 Å². The summed E-state index contributed by atoms with van der Waals surface area (Å²) in [5, 5.41) is 15.3. The molecule has 0 spiro atoms. The first-order valence-corrected chi connectivity index (χ1v) is 28.6. The van der Waals surface area contributed by atoms with E-state index in [-0.39, 0.29) is 85.2 Å². The van der Waals surface area contributed by atoms with E-state index in [1.807, 2.05) is 52.9 Å². The van der Waals surface area contributed by atoms with Crippen LogP contribution < -0.4 is 9.84 Å². The van der Waals surface area contributed by atoms with Crippen molar-refractivity contribution in [2.24, 2.45) is 29.6 Å². The molecular formula is C49H70N5O12PS3. The third kappa shape index (κ3) is 18.8. The van der Waals surface area contributed by atoms with Crippen molar-refractivity contribution in [3.63, 3.8) is 0 Å². The number of amides is 2. The summed E-state index contributed by atoms with van der Waals surface area (Å²) in [4.78, 5) is 112. The van der Waals surface area contributed by atoms with Crippen molar-refractivity contribution in [3.8, 4) is 5.75 Å². The predicted octanol–water partition coefficient (Wildman–Crippen LogP) is 9.29. The Morgan fingerprint density at radius 2 is 1.79 bits per heavy atom. The number of anilines is 1. The number of benzene rings is 1. The van der Waals surface area contributed by atoms with Gasteiger partial charge >= 0.3 is 19.8 Å². The molecule has 2 unspecified atom stereocenters. The van der Waals surface area contributed by atoms with Gasteiger partial charge in [0.2, 0.25) is 11.8 Å². The lowest BCUT2D eigenvalue weighted by Gasteiger charge is -2.37. The highest BCUT2D eigenvalue weighted by Gasteiger charge is 2.38. The number of Topliss-reactive ketones (excluding diaryl/α,β-unsaturated/α-hetero) is 2. The zero-order valence-corrected chi connectivity index (χ0v) is 44.8. The average molecular weight is 1050 g/mol. The first-order valence-electron chi connectivity index (χ1n) is 23.8. The average Bonchev–Trinajstić information content (AvgIpc) is 3.80. The number of aromatic nitrogens is 2. The zero-order chi connectivity index (χ0) is 51.7. The number of piperidine rings is 1. The fourth-order valence-electron chi connectivity index (χ4n) is 8.69. The number of aliphatic carboxylic acids is 1. The fraction of sp³-hybridized carbons (Fsp3) is 0.592. The van der Waals surface area contributed by atoms with E-state index in [1.54, 1.807) is 23.5 Å². The van der Waals surface area contributed by atoms with Crippen molar-refractivity contribution in [1.82, 2.24) is 19.8 Å². The van der Waals surface area contributed by atoms with Crippen molar-refractivity contribution in [2.75, 3.05) is 31.7 Å². The third-order valence-electron chi connectivity index (χ3n) is 12.7. The molecule has 0 saturated carbocycles. The van der Waals surface area contributed by atoms with Crippen LogP contribution in [-0.2, 0) is 39.7 Å². The number of hydrogen-bond donors (Lipinski definition) is 4. The number of ether oxygens (including phenoxy) is 1. The molecule has 0 bridgehead atoms. The van der Waals surface area contributed by atoms with E-state index in [0.717, 1.165) is 42.2 Å². The number of nitrogens with one attached hydrogen (secondary N) is 1. The Labute approximate surface area is 423 Å². The number of phosphoric ester groups is 1. The van der Waals surface area contributed by atoms with Crippen LogP contribution in [0.15, 0.2) is 53.0 Å². The van der Waals surface area contributed by atoms with E-state index in [0.29, 0.717) is 29.2 Å². The SMILES string of the molecule is CC[C@H](C)C(CC(=O)[C@H]1CCCCN1C)C(=O)N(C)[C@H](C[C@@H](OC(C)=O)c1nc(C(=O)C[C@@H](Cc2ccc(OP(=O)(O)O)c(NC(=O)CCCSSc3ccccn3)c2)CC(C)C(=O)O)cs1)C(C)C. The molecule has 3 heterocycles. The summed E-state index contributed by atoms with van der Waals surface area (Å²) in [6.45, 7) is 11.6. The number of carboxylic acids is 1. The monoisotopic (exact) mass is 1050 g/mol. The van der Waals surface area contributed by atoms with Crippen molar-refractivity contribution < 1.29 is 57.5 Å². The number of likely N-dealkylation sites (tertiary alicyclic amines) is 1. The van der Waals surface area contributed by atoms with Crippen molar-refractivity contribution in [1.29, 1.82) is 0 Å². The van der Waals surface area contributed by atoms with Gasteiger partial charge in [0.1, 0.15) is 15.7 Å². The number of likely N-dealkylation sites (N-methyl/N-ethyl adjacent to an activating group) is 1. The molecule has 17 nitrogen and oxygen atoms in total. The second-order valence-corrected chi connectivity index (χ2v) is 23.1. The first-order chi connectivity index (χ1) is 33.1. The molecule has 7 atom stereocenters. The van der Waals surface area contributed by atoms with Gasteiger partial charge in [-0.2, -0.15) is 0 Å². The fourth-order valence-corrected chi connectivity index (χ4v) is 11.9. The zero-order valence-electron chi connectivity index (χ0n) is 41.4. The molecule has 1 saturated heterocycles. The summed E-state index contributed by atoms with van der Waals surface area (Å²) < 4.78 is 22.6. The van der Waals surface area contributed by atoms with Gasteiger partial charge in [-0.05, 0) is 104 Å². The number of carbonyl (C=O) groups is 6. The number of carbonyl (C=O) groups excluding carboxylic acids is 5. The van der Waals surface area contributed by atoms with Gasteiger partial charge in [-0.15, -0.1) is 11.3 Å². The highest BCUT2D eigenvalue weighted by atomic mass is 33.1. The van der Waals surface area contributed by atoms with E-state index in [2.05, 4.69) is 20.2 Å². The Bertz CT molecular complexity index is 2280. The van der Waals surface area contributed by atoms with Gasteiger partial charge in [-0.25, -0.2) is 14.5 Å². The molecule has 3 aromatic rings. The standard InChI is InChI=1S/C49H70N5O12PS3/c1-9-31(4)36(27-42(57)39-15-11-13-21-53(39)7)48(59)54(8)40(30(2)3)28-44(65-33(6)55)47-52-38(29-68-47)41(56)26-35(23-32(5)49(60)61)24-34-18-19-43(66-67(62,63)64)37(25-34)51-45(58)16-14-22-69-70-46-17-10-12-20-50-46/h10,12,17-20,25,29-32,35-36,39-40,44H,9,11,13-16,21-24,26-28H2,1-8H3,(H,51,58)(H,60,61)(H2,62,63,64)/t31-,32?,35+,36?,39+,40+,44+/m0/s1. The highest BCUT2D eigenvalue weighted by Crippen LogP contribution is 2.42. The van der Waals surface area contributed by atoms with E-state index >= 15 is 0 Å². The number of pyridine rings is 1. The Kier molecular flexibility index (Phi) is 23.5. The third-order valence-corrected chi connectivity index (χ3v) is 16.5. The largest absolute Gasteiger partial charge is 0.524 e. The Balaban J connectivity index is 1.52. The number of nitrogens with zero attached hydrogens (tertiary/aromatic N) is 4. The van der Waals surface area contributed by atoms with Crippen LogP contribution in [0.4, 0.5) is 5.69 Å². The summed E-state index contributed by atoms with van der Waals surface area (Å²) in [6, 6.07) is 9.26. The van der Waals surface area contributed by atoms with Gasteiger partial charge in [0, 0.05) is 68.9 Å². The van der Waals surface area contributed by atoms with Crippen LogP contribution in [0.5, 0.6) is 5.75 Å². The van der Waals surface area contributed by atoms with Crippen LogP contribution in [0.2, 0.25) is 0 Å². The molecule has 4 N–H and O–H groups in total. The lowest BCUT2D eigenvalue weighted by atomic mass is 9.83. The summed E-state index contributed by atoms with van der Waals surface area (Å²) >= 11 is 1.13. The molecular weight excluding hydrogens is 978 g/mol. The predicted molar refractivity (Wildman–Crippen MR) is 273 cm³/mol. The van der Waals surface area contributed by atoms with Crippen LogP contribution in [0, 0.1) is 29.6 Å². The Morgan fingerprint density at radius 3 is 2.41 bits per heavy atom. The van der Waals surface area contributed by atoms with E-state index in [1.165, 1.54) is 53.6 Å². The maximum Gasteiger partial charge on any atom is 0.524 e. The van der Waals surface area contributed by atoms with Gasteiger partial charge in [0.05, 0.1) is 17.6 Å². The summed E-state index contributed by atoms with van der Waals surface area (Å²) in [5.41, 5.74) is 0.634. The number of phosphoric acid groups is 1. The van der Waals surface area contributed by atoms with Gasteiger partial charge < -0.3 is 24.6 Å². The number of carboxylic acid groups (broad SMARTS) is 1. The molecule has 2 amide bonds. The molecule has 386 valence electrons. The van der Waals surface area contributed by atoms with Gasteiger partial charge in [-0.1, -0.05) is 70.4 Å². The lowest BCUT2D eigenvalue weighted by molar-refractivity contribution is -0.149. The molecule has 0 aliphatic carbocycles. The molecule has 2 aromatic heterocycles. The minimum atomic E-state index is -5.04. The molecule has 0 radical (unpaired) electrons. The molecule has 1 aliphatic rings. The number of rotatable bonds is 29. The maximum absolute atomic E-state index is 14.4. The van der Waals surface area contributed by atoms with Gasteiger partial charge in [-0.3, -0.25) is 43.5 Å². The second kappa shape index (κ2) is 28.2. The molecule has 21 heteroatoms. The van der Waals surface area contributed by atoms with Gasteiger partial charge in [0.15, 0.2) is 23.4 Å². The number of hydrogen-bond acceptors (Lipinski definition) is 15. The van der Waals surface area contributed by atoms with Gasteiger partial charge in [0.25, 0.3) is 0 Å². The molecule has 1 aromatic carbocycles. The minimum absolute atomic E-state index is 0.00145. The smallest absolute Gasteiger partial charge is 0.481 e. The number of thiazole rings is 1. The maximum atomic E-state index is 14.4.